The van der Waals surface area contributed by atoms with Crippen LogP contribution in [0.15, 0.2) is 36.4 Å². The Morgan fingerprint density at radius 3 is 1.53 bits per heavy atom. The SMILES string of the molecule is Cc1ccc(C)c(NCNc2cc(C)ccc2C)c1. The molecule has 0 aliphatic heterocycles. The third-order valence-corrected chi connectivity index (χ3v) is 3.34. The molecular weight excluding hydrogens is 232 g/mol. The molecule has 2 aromatic carbocycles. The van der Waals surface area contributed by atoms with E-state index in [1.54, 1.807) is 0 Å². The smallest absolute Gasteiger partial charge is 0.0849 e. The van der Waals surface area contributed by atoms with Crippen LogP contribution < -0.4 is 10.6 Å². The van der Waals surface area contributed by atoms with E-state index in [0.29, 0.717) is 0 Å². The minimum Gasteiger partial charge on any atom is -0.368 e. The summed E-state index contributed by atoms with van der Waals surface area (Å²) in [7, 11) is 0. The molecule has 0 spiro atoms. The monoisotopic (exact) mass is 254 g/mol. The molecule has 0 aliphatic carbocycles. The van der Waals surface area contributed by atoms with E-state index >= 15 is 0 Å². The van der Waals surface area contributed by atoms with E-state index in [-0.39, 0.29) is 0 Å². The lowest BCUT2D eigenvalue weighted by molar-refractivity contribution is 1.18. The van der Waals surface area contributed by atoms with Crippen molar-refractivity contribution in [3.63, 3.8) is 0 Å². The summed E-state index contributed by atoms with van der Waals surface area (Å²) in [6, 6.07) is 12.9. The van der Waals surface area contributed by atoms with Gasteiger partial charge in [-0.3, -0.25) is 0 Å². The molecule has 19 heavy (non-hydrogen) atoms. The fourth-order valence-corrected chi connectivity index (χ4v) is 2.09. The standard InChI is InChI=1S/C17H22N2/c1-12-5-7-14(3)16(9-12)18-11-19-17-10-13(2)6-8-15(17)4/h5-10,18-19H,11H2,1-4H3. The van der Waals surface area contributed by atoms with E-state index < -0.39 is 0 Å². The van der Waals surface area contributed by atoms with E-state index in [2.05, 4.69) is 74.7 Å². The second kappa shape index (κ2) is 5.79. The first-order valence-electron chi connectivity index (χ1n) is 6.68. The van der Waals surface area contributed by atoms with Crippen LogP contribution in [0, 0.1) is 27.7 Å². The van der Waals surface area contributed by atoms with Crippen molar-refractivity contribution in [2.24, 2.45) is 0 Å². The molecule has 0 heterocycles. The number of aryl methyl sites for hydroxylation is 4. The maximum atomic E-state index is 3.44. The van der Waals surface area contributed by atoms with Gasteiger partial charge >= 0.3 is 0 Å². The molecular formula is C17H22N2. The highest BCUT2D eigenvalue weighted by atomic mass is 15.1. The number of anilines is 2. The van der Waals surface area contributed by atoms with Gasteiger partial charge in [0.25, 0.3) is 0 Å². The Kier molecular flexibility index (Phi) is 4.10. The first kappa shape index (κ1) is 13.5. The molecule has 0 saturated carbocycles. The van der Waals surface area contributed by atoms with Crippen LogP contribution in [0.3, 0.4) is 0 Å². The zero-order valence-corrected chi connectivity index (χ0v) is 12.2. The predicted octanol–water partition coefficient (Wildman–Crippen LogP) is 4.40. The molecule has 0 saturated heterocycles. The molecule has 2 heteroatoms. The lowest BCUT2D eigenvalue weighted by Gasteiger charge is -2.14. The minimum atomic E-state index is 0.731. The van der Waals surface area contributed by atoms with Gasteiger partial charge in [0.2, 0.25) is 0 Å². The Morgan fingerprint density at radius 2 is 1.11 bits per heavy atom. The van der Waals surface area contributed by atoms with Gasteiger partial charge in [0, 0.05) is 11.4 Å². The number of hydrogen-bond donors (Lipinski definition) is 2. The van der Waals surface area contributed by atoms with Crippen LogP contribution >= 0.6 is 0 Å². The minimum absolute atomic E-state index is 0.731. The maximum absolute atomic E-state index is 3.44. The van der Waals surface area contributed by atoms with Gasteiger partial charge in [-0.15, -0.1) is 0 Å². The molecule has 0 amide bonds. The average molecular weight is 254 g/mol. The van der Waals surface area contributed by atoms with Crippen molar-refractivity contribution in [2.45, 2.75) is 27.7 Å². The van der Waals surface area contributed by atoms with Crippen molar-refractivity contribution >= 4 is 11.4 Å². The van der Waals surface area contributed by atoms with E-state index in [0.717, 1.165) is 6.67 Å². The number of rotatable bonds is 4. The fraction of sp³-hybridized carbons (Fsp3) is 0.294. The number of hydrogen-bond acceptors (Lipinski definition) is 2. The van der Waals surface area contributed by atoms with Crippen molar-refractivity contribution in [3.05, 3.63) is 58.7 Å². The lowest BCUT2D eigenvalue weighted by atomic mass is 10.1. The van der Waals surface area contributed by atoms with Gasteiger partial charge < -0.3 is 10.6 Å². The zero-order valence-electron chi connectivity index (χ0n) is 12.2. The second-order valence-electron chi connectivity index (χ2n) is 5.17. The summed E-state index contributed by atoms with van der Waals surface area (Å²) in [5, 5.41) is 6.88. The molecule has 2 aromatic rings. The van der Waals surface area contributed by atoms with Crippen molar-refractivity contribution in [1.29, 1.82) is 0 Å². The van der Waals surface area contributed by atoms with Crippen LogP contribution in [0.4, 0.5) is 11.4 Å². The molecule has 0 radical (unpaired) electrons. The molecule has 100 valence electrons. The number of benzene rings is 2. The Morgan fingerprint density at radius 1 is 0.684 bits per heavy atom. The molecule has 0 aliphatic rings. The lowest BCUT2D eigenvalue weighted by Crippen LogP contribution is -2.13. The molecule has 2 N–H and O–H groups in total. The zero-order chi connectivity index (χ0) is 13.8. The molecule has 0 atom stereocenters. The molecule has 0 aromatic heterocycles. The topological polar surface area (TPSA) is 24.1 Å². The summed E-state index contributed by atoms with van der Waals surface area (Å²) in [4.78, 5) is 0. The van der Waals surface area contributed by atoms with Crippen molar-refractivity contribution < 1.29 is 0 Å². The summed E-state index contributed by atoms with van der Waals surface area (Å²) in [6.45, 7) is 9.21. The van der Waals surface area contributed by atoms with Crippen LogP contribution in [0.2, 0.25) is 0 Å². The predicted molar refractivity (Wildman–Crippen MR) is 83.9 cm³/mol. The van der Waals surface area contributed by atoms with E-state index in [1.807, 2.05) is 0 Å². The van der Waals surface area contributed by atoms with Crippen molar-refractivity contribution in [2.75, 3.05) is 17.3 Å². The van der Waals surface area contributed by atoms with Gasteiger partial charge in [0.05, 0.1) is 6.67 Å². The van der Waals surface area contributed by atoms with E-state index in [4.69, 9.17) is 0 Å². The van der Waals surface area contributed by atoms with Gasteiger partial charge in [-0.1, -0.05) is 24.3 Å². The molecule has 0 unspecified atom stereocenters. The highest BCUT2D eigenvalue weighted by molar-refractivity contribution is 5.56. The maximum Gasteiger partial charge on any atom is 0.0849 e. The Bertz CT molecular complexity index is 522. The highest BCUT2D eigenvalue weighted by Gasteiger charge is 2.00. The van der Waals surface area contributed by atoms with Gasteiger partial charge in [0.15, 0.2) is 0 Å². The first-order chi connectivity index (χ1) is 9.06. The van der Waals surface area contributed by atoms with Crippen molar-refractivity contribution in [3.8, 4) is 0 Å². The number of nitrogens with one attached hydrogen (secondary N) is 2. The van der Waals surface area contributed by atoms with E-state index in [9.17, 15) is 0 Å². The Balaban J connectivity index is 2.00. The third kappa shape index (κ3) is 3.50. The Hall–Kier alpha value is -1.96. The molecule has 0 fully saturated rings. The van der Waals surface area contributed by atoms with E-state index in [1.165, 1.54) is 33.6 Å². The largest absolute Gasteiger partial charge is 0.368 e. The van der Waals surface area contributed by atoms with Gasteiger partial charge in [-0.05, 0) is 62.1 Å². The molecule has 0 bridgehead atoms. The van der Waals surface area contributed by atoms with Crippen LogP contribution in [0.1, 0.15) is 22.3 Å². The highest BCUT2D eigenvalue weighted by Crippen LogP contribution is 2.18. The summed E-state index contributed by atoms with van der Waals surface area (Å²) >= 11 is 0. The van der Waals surface area contributed by atoms with Gasteiger partial charge in [0.1, 0.15) is 0 Å². The summed E-state index contributed by atoms with van der Waals surface area (Å²) in [5.41, 5.74) is 7.48. The van der Waals surface area contributed by atoms with Crippen LogP contribution in [0.5, 0.6) is 0 Å². The average Bonchev–Trinajstić information content (AvgIpc) is 2.38. The summed E-state index contributed by atoms with van der Waals surface area (Å²) in [6.07, 6.45) is 0. The normalized spacial score (nSPS) is 10.3. The summed E-state index contributed by atoms with van der Waals surface area (Å²) < 4.78 is 0. The van der Waals surface area contributed by atoms with Crippen molar-refractivity contribution in [1.82, 2.24) is 0 Å². The summed E-state index contributed by atoms with van der Waals surface area (Å²) in [5.74, 6) is 0. The second-order valence-corrected chi connectivity index (χ2v) is 5.17. The van der Waals surface area contributed by atoms with Gasteiger partial charge in [-0.25, -0.2) is 0 Å². The first-order valence-corrected chi connectivity index (χ1v) is 6.68. The third-order valence-electron chi connectivity index (χ3n) is 3.34. The Labute approximate surface area is 115 Å². The molecule has 2 rings (SSSR count). The van der Waals surface area contributed by atoms with Crippen LogP contribution in [0.25, 0.3) is 0 Å². The van der Waals surface area contributed by atoms with Gasteiger partial charge in [-0.2, -0.15) is 0 Å². The quantitative estimate of drug-likeness (QED) is 0.790. The molecule has 2 nitrogen and oxygen atoms in total. The fourth-order valence-electron chi connectivity index (χ4n) is 2.09. The van der Waals surface area contributed by atoms with Crippen LogP contribution in [-0.4, -0.2) is 6.67 Å². The van der Waals surface area contributed by atoms with Crippen LogP contribution in [-0.2, 0) is 0 Å².